The second kappa shape index (κ2) is 6.52. The van der Waals surface area contributed by atoms with Crippen molar-refractivity contribution in [2.24, 2.45) is 5.92 Å². The monoisotopic (exact) mass is 294 g/mol. The Hall–Kier alpha value is -1.49. The number of carbonyl (C=O) groups excluding carboxylic acids is 1. The number of aliphatic hydroxyl groups is 1. The Balaban J connectivity index is 1.86. The van der Waals surface area contributed by atoms with E-state index in [9.17, 15) is 9.90 Å². The zero-order valence-electron chi connectivity index (χ0n) is 13.2. The normalized spacial score (nSPS) is 25.6. The number of esters is 1. The Bertz CT molecular complexity index is 468. The first-order valence-electron chi connectivity index (χ1n) is 7.73. The van der Waals surface area contributed by atoms with Crippen molar-refractivity contribution in [2.75, 3.05) is 18.6 Å². The van der Waals surface area contributed by atoms with E-state index in [1.54, 1.807) is 0 Å². The first kappa shape index (κ1) is 15.9. The molecule has 5 nitrogen and oxygen atoms in total. The zero-order chi connectivity index (χ0) is 15.5. The van der Waals surface area contributed by atoms with Gasteiger partial charge in [-0.1, -0.05) is 0 Å². The lowest BCUT2D eigenvalue weighted by Crippen LogP contribution is -2.44. The highest BCUT2D eigenvalue weighted by Gasteiger charge is 2.36. The fraction of sp³-hybridized carbons (Fsp3) is 0.688. The second-order valence-electron chi connectivity index (χ2n) is 6.04. The molecule has 118 valence electrons. The van der Waals surface area contributed by atoms with Crippen molar-refractivity contribution in [3.8, 4) is 0 Å². The molecule has 0 amide bonds. The topological polar surface area (TPSA) is 63.5 Å². The molecule has 0 aromatic carbocycles. The summed E-state index contributed by atoms with van der Waals surface area (Å²) in [7, 11) is 0. The van der Waals surface area contributed by atoms with Crippen LogP contribution in [0.15, 0.2) is 12.1 Å². The minimum Gasteiger partial charge on any atom is -0.466 e. The molecule has 0 atom stereocenters. The van der Waals surface area contributed by atoms with E-state index in [1.807, 2.05) is 37.6 Å². The van der Waals surface area contributed by atoms with E-state index in [1.165, 1.54) is 0 Å². The largest absolute Gasteiger partial charge is 0.466 e. The van der Waals surface area contributed by atoms with Crippen molar-refractivity contribution in [2.45, 2.75) is 52.1 Å². The van der Waals surface area contributed by atoms with Gasteiger partial charge in [0, 0.05) is 11.4 Å². The average molecular weight is 294 g/mol. The summed E-state index contributed by atoms with van der Waals surface area (Å²) in [5.41, 5.74) is 4.79. The number of nitrogens with one attached hydrogen (secondary N) is 1. The summed E-state index contributed by atoms with van der Waals surface area (Å²) in [5.74, 6) is -0.176. The molecule has 1 aromatic rings. The standard InChI is InChI=1S/C16H26N2O3/c1-4-21-15(19)14-7-9-16(20,10-8-14)11-17-18-12(2)5-6-13(18)3/h5-6,14,17,20H,4,7-11H2,1-3H3. The van der Waals surface area contributed by atoms with Crippen LogP contribution in [0.2, 0.25) is 0 Å². The molecule has 5 heteroatoms. The van der Waals surface area contributed by atoms with Crippen molar-refractivity contribution >= 4 is 5.97 Å². The van der Waals surface area contributed by atoms with E-state index in [0.717, 1.165) is 11.4 Å². The van der Waals surface area contributed by atoms with E-state index >= 15 is 0 Å². The summed E-state index contributed by atoms with van der Waals surface area (Å²) < 4.78 is 7.05. The van der Waals surface area contributed by atoms with E-state index in [0.29, 0.717) is 38.8 Å². The van der Waals surface area contributed by atoms with Gasteiger partial charge in [0.2, 0.25) is 0 Å². The first-order valence-corrected chi connectivity index (χ1v) is 7.73. The van der Waals surface area contributed by atoms with E-state index < -0.39 is 5.60 Å². The lowest BCUT2D eigenvalue weighted by atomic mass is 9.79. The van der Waals surface area contributed by atoms with Crippen LogP contribution in [0, 0.1) is 19.8 Å². The molecule has 0 unspecified atom stereocenters. The van der Waals surface area contributed by atoms with Gasteiger partial charge < -0.3 is 15.3 Å². The summed E-state index contributed by atoms with van der Waals surface area (Å²) in [5, 5.41) is 10.7. The third kappa shape index (κ3) is 3.79. The molecule has 1 heterocycles. The maximum absolute atomic E-state index is 11.7. The van der Waals surface area contributed by atoms with Crippen LogP contribution in [0.25, 0.3) is 0 Å². The van der Waals surface area contributed by atoms with Gasteiger partial charge in [-0.25, -0.2) is 0 Å². The van der Waals surface area contributed by atoms with Gasteiger partial charge in [0.05, 0.1) is 24.7 Å². The van der Waals surface area contributed by atoms with E-state index in [-0.39, 0.29) is 11.9 Å². The van der Waals surface area contributed by atoms with Crippen LogP contribution in [0.4, 0.5) is 0 Å². The number of aryl methyl sites for hydroxylation is 2. The first-order chi connectivity index (χ1) is 9.95. The van der Waals surface area contributed by atoms with Gasteiger partial charge >= 0.3 is 5.97 Å². The van der Waals surface area contributed by atoms with Crippen molar-refractivity contribution in [3.63, 3.8) is 0 Å². The molecule has 0 spiro atoms. The van der Waals surface area contributed by atoms with Crippen LogP contribution in [0.1, 0.15) is 44.0 Å². The number of carbonyl (C=O) groups is 1. The highest BCUT2D eigenvalue weighted by atomic mass is 16.5. The van der Waals surface area contributed by atoms with Crippen molar-refractivity contribution in [1.29, 1.82) is 0 Å². The molecule has 1 fully saturated rings. The molecule has 1 aliphatic carbocycles. The average Bonchev–Trinajstić information content (AvgIpc) is 2.77. The van der Waals surface area contributed by atoms with E-state index in [2.05, 4.69) is 5.43 Å². The van der Waals surface area contributed by atoms with Crippen LogP contribution < -0.4 is 5.43 Å². The molecule has 1 aromatic heterocycles. The predicted molar refractivity (Wildman–Crippen MR) is 81.7 cm³/mol. The summed E-state index contributed by atoms with van der Waals surface area (Å²) >= 11 is 0. The maximum Gasteiger partial charge on any atom is 0.308 e. The minimum atomic E-state index is -0.744. The van der Waals surface area contributed by atoms with Gasteiger partial charge in [0.25, 0.3) is 0 Å². The number of rotatable bonds is 5. The summed E-state index contributed by atoms with van der Waals surface area (Å²) in [6.07, 6.45) is 2.65. The van der Waals surface area contributed by atoms with E-state index in [4.69, 9.17) is 4.74 Å². The third-order valence-corrected chi connectivity index (χ3v) is 4.37. The van der Waals surface area contributed by atoms with Crippen LogP contribution in [-0.2, 0) is 9.53 Å². The van der Waals surface area contributed by atoms with Crippen LogP contribution in [-0.4, -0.2) is 34.5 Å². The summed E-state index contributed by atoms with van der Waals surface area (Å²) in [6, 6.07) is 4.09. The summed E-state index contributed by atoms with van der Waals surface area (Å²) in [6.45, 7) is 6.80. The molecule has 1 saturated carbocycles. The highest BCUT2D eigenvalue weighted by molar-refractivity contribution is 5.72. The Morgan fingerprint density at radius 2 is 1.95 bits per heavy atom. The SMILES string of the molecule is CCOC(=O)C1CCC(O)(CNn2c(C)ccc2C)CC1. The second-order valence-corrected chi connectivity index (χ2v) is 6.04. The quantitative estimate of drug-likeness (QED) is 0.817. The summed E-state index contributed by atoms with van der Waals surface area (Å²) in [4.78, 5) is 11.7. The van der Waals surface area contributed by atoms with Gasteiger partial charge in [0.15, 0.2) is 0 Å². The van der Waals surface area contributed by atoms with Gasteiger partial charge in [-0.15, -0.1) is 0 Å². The van der Waals surface area contributed by atoms with Gasteiger partial charge in [-0.3, -0.25) is 9.47 Å². The van der Waals surface area contributed by atoms with Crippen molar-refractivity contribution < 1.29 is 14.6 Å². The van der Waals surface area contributed by atoms with Gasteiger partial charge in [-0.2, -0.15) is 0 Å². The maximum atomic E-state index is 11.7. The van der Waals surface area contributed by atoms with Gasteiger partial charge in [-0.05, 0) is 58.6 Å². The molecule has 0 bridgehead atoms. The number of ether oxygens (including phenoxy) is 1. The smallest absolute Gasteiger partial charge is 0.308 e. The molecule has 2 N–H and O–H groups in total. The Labute approximate surface area is 126 Å². The number of nitrogens with zero attached hydrogens (tertiary/aromatic N) is 1. The zero-order valence-corrected chi connectivity index (χ0v) is 13.2. The van der Waals surface area contributed by atoms with Crippen molar-refractivity contribution in [3.05, 3.63) is 23.5 Å². The van der Waals surface area contributed by atoms with Crippen LogP contribution in [0.5, 0.6) is 0 Å². The van der Waals surface area contributed by atoms with Crippen molar-refractivity contribution in [1.82, 2.24) is 4.68 Å². The predicted octanol–water partition coefficient (Wildman–Crippen LogP) is 2.13. The Morgan fingerprint density at radius 1 is 1.38 bits per heavy atom. The molecule has 0 radical (unpaired) electrons. The lowest BCUT2D eigenvalue weighted by molar-refractivity contribution is -0.150. The molecule has 1 aliphatic rings. The number of aromatic nitrogens is 1. The molecular formula is C16H26N2O3. The minimum absolute atomic E-state index is 0.0553. The molecular weight excluding hydrogens is 268 g/mol. The number of hydrogen-bond acceptors (Lipinski definition) is 4. The number of hydrogen-bond donors (Lipinski definition) is 2. The molecule has 0 saturated heterocycles. The lowest BCUT2D eigenvalue weighted by Gasteiger charge is -2.35. The highest BCUT2D eigenvalue weighted by Crippen LogP contribution is 2.32. The molecule has 2 rings (SSSR count). The van der Waals surface area contributed by atoms with Crippen LogP contribution in [0.3, 0.4) is 0 Å². The molecule has 21 heavy (non-hydrogen) atoms. The fourth-order valence-electron chi connectivity index (χ4n) is 2.97. The Kier molecular flexibility index (Phi) is 4.93. The third-order valence-electron chi connectivity index (χ3n) is 4.37. The Morgan fingerprint density at radius 3 is 2.48 bits per heavy atom. The fourth-order valence-corrected chi connectivity index (χ4v) is 2.97. The van der Waals surface area contributed by atoms with Gasteiger partial charge in [0.1, 0.15) is 0 Å². The molecule has 0 aliphatic heterocycles. The van der Waals surface area contributed by atoms with Crippen LogP contribution >= 0.6 is 0 Å².